The Bertz CT molecular complexity index is 1020. The second-order valence-corrected chi connectivity index (χ2v) is 9.41. The Hall–Kier alpha value is -2.88. The van der Waals surface area contributed by atoms with E-state index in [2.05, 4.69) is 4.90 Å². The van der Waals surface area contributed by atoms with Crippen LogP contribution in [-0.4, -0.2) is 86.1 Å². The largest absolute Gasteiger partial charge is 0.493 e. The summed E-state index contributed by atoms with van der Waals surface area (Å²) in [7, 11) is 1.61. The van der Waals surface area contributed by atoms with Crippen molar-refractivity contribution in [2.75, 3.05) is 59.7 Å². The lowest BCUT2D eigenvalue weighted by Crippen LogP contribution is -2.48. The number of aliphatic hydroxyl groups is 1. The predicted octanol–water partition coefficient (Wildman–Crippen LogP) is 2.87. The van der Waals surface area contributed by atoms with Gasteiger partial charge < -0.3 is 29.0 Å². The molecule has 1 atom stereocenters. The van der Waals surface area contributed by atoms with Gasteiger partial charge in [-0.25, -0.2) is 4.39 Å². The highest BCUT2D eigenvalue weighted by molar-refractivity contribution is 5.77. The second kappa shape index (κ2) is 12.4. The Balaban J connectivity index is 1.30. The molecule has 0 radical (unpaired) electrons. The third kappa shape index (κ3) is 7.32. The molecule has 2 aliphatic rings. The van der Waals surface area contributed by atoms with Crippen LogP contribution in [-0.2, 0) is 16.1 Å². The van der Waals surface area contributed by atoms with Crippen molar-refractivity contribution in [3.63, 3.8) is 0 Å². The number of halogens is 1. The SMILES string of the molecule is COc1cc(CN2CCOC[C@@](O)(COc3cccc(F)c3)C2)ccc1OCCCN1CCCC1=O. The zero-order valence-corrected chi connectivity index (χ0v) is 20.8. The first-order chi connectivity index (χ1) is 17.4. The Morgan fingerprint density at radius 3 is 2.81 bits per heavy atom. The number of nitrogens with zero attached hydrogens (tertiary/aromatic N) is 2. The van der Waals surface area contributed by atoms with E-state index in [0.717, 1.165) is 24.9 Å². The summed E-state index contributed by atoms with van der Waals surface area (Å²) in [5.74, 6) is 1.50. The average molecular weight is 503 g/mol. The number of ether oxygens (including phenoxy) is 4. The van der Waals surface area contributed by atoms with Gasteiger partial charge in [0.2, 0.25) is 5.91 Å². The van der Waals surface area contributed by atoms with E-state index in [1.807, 2.05) is 23.1 Å². The van der Waals surface area contributed by atoms with E-state index in [1.54, 1.807) is 19.2 Å². The van der Waals surface area contributed by atoms with E-state index in [4.69, 9.17) is 18.9 Å². The van der Waals surface area contributed by atoms with E-state index in [-0.39, 0.29) is 24.9 Å². The zero-order valence-electron chi connectivity index (χ0n) is 20.8. The molecule has 0 bridgehead atoms. The summed E-state index contributed by atoms with van der Waals surface area (Å²) in [6.07, 6.45) is 2.35. The molecule has 1 amide bonds. The van der Waals surface area contributed by atoms with Gasteiger partial charge in [0.25, 0.3) is 0 Å². The molecular formula is C27H35FN2O6. The van der Waals surface area contributed by atoms with E-state index in [0.29, 0.717) is 63.1 Å². The second-order valence-electron chi connectivity index (χ2n) is 9.41. The van der Waals surface area contributed by atoms with Crippen LogP contribution in [0.1, 0.15) is 24.8 Å². The molecule has 4 rings (SSSR count). The summed E-state index contributed by atoms with van der Waals surface area (Å²) in [6.45, 7) is 4.24. The minimum atomic E-state index is -1.23. The first kappa shape index (κ1) is 26.2. The summed E-state index contributed by atoms with van der Waals surface area (Å²) in [5, 5.41) is 11.1. The van der Waals surface area contributed by atoms with Gasteiger partial charge in [-0.1, -0.05) is 12.1 Å². The summed E-state index contributed by atoms with van der Waals surface area (Å²) < 4.78 is 36.2. The van der Waals surface area contributed by atoms with Gasteiger partial charge in [-0.2, -0.15) is 0 Å². The molecule has 2 aromatic carbocycles. The summed E-state index contributed by atoms with van der Waals surface area (Å²) in [6, 6.07) is 11.7. The molecular weight excluding hydrogens is 467 g/mol. The Morgan fingerprint density at radius 1 is 1.14 bits per heavy atom. The van der Waals surface area contributed by atoms with Crippen LogP contribution in [0, 0.1) is 5.82 Å². The first-order valence-corrected chi connectivity index (χ1v) is 12.4. The number of amides is 1. The van der Waals surface area contributed by atoms with Gasteiger partial charge >= 0.3 is 0 Å². The van der Waals surface area contributed by atoms with Crippen LogP contribution in [0.25, 0.3) is 0 Å². The van der Waals surface area contributed by atoms with Gasteiger partial charge in [0.05, 0.1) is 26.9 Å². The molecule has 0 aliphatic carbocycles. The normalized spacial score (nSPS) is 20.9. The van der Waals surface area contributed by atoms with Crippen LogP contribution in [0.15, 0.2) is 42.5 Å². The van der Waals surface area contributed by atoms with Crippen molar-refractivity contribution in [1.29, 1.82) is 0 Å². The summed E-state index contributed by atoms with van der Waals surface area (Å²) >= 11 is 0. The molecule has 2 saturated heterocycles. The number of likely N-dealkylation sites (tertiary alicyclic amines) is 1. The molecule has 196 valence electrons. The van der Waals surface area contributed by atoms with Gasteiger partial charge in [0.15, 0.2) is 11.5 Å². The number of carbonyl (C=O) groups excluding carboxylic acids is 1. The zero-order chi connectivity index (χ0) is 25.4. The molecule has 36 heavy (non-hydrogen) atoms. The highest BCUT2D eigenvalue weighted by Crippen LogP contribution is 2.29. The number of rotatable bonds is 11. The smallest absolute Gasteiger partial charge is 0.222 e. The molecule has 9 heteroatoms. The van der Waals surface area contributed by atoms with Crippen molar-refractivity contribution >= 4 is 5.91 Å². The van der Waals surface area contributed by atoms with Crippen LogP contribution >= 0.6 is 0 Å². The van der Waals surface area contributed by atoms with Crippen molar-refractivity contribution in [2.24, 2.45) is 0 Å². The van der Waals surface area contributed by atoms with Gasteiger partial charge in [-0.15, -0.1) is 0 Å². The quantitative estimate of drug-likeness (QED) is 0.474. The molecule has 0 unspecified atom stereocenters. The molecule has 0 aromatic heterocycles. The molecule has 0 saturated carbocycles. The monoisotopic (exact) mass is 502 g/mol. The van der Waals surface area contributed by atoms with Crippen molar-refractivity contribution in [3.05, 3.63) is 53.8 Å². The van der Waals surface area contributed by atoms with Gasteiger partial charge in [0.1, 0.15) is 23.8 Å². The van der Waals surface area contributed by atoms with Crippen LogP contribution in [0.3, 0.4) is 0 Å². The van der Waals surface area contributed by atoms with E-state index in [1.165, 1.54) is 12.1 Å². The maximum absolute atomic E-state index is 13.4. The highest BCUT2D eigenvalue weighted by Gasteiger charge is 2.33. The van der Waals surface area contributed by atoms with Crippen LogP contribution in [0.2, 0.25) is 0 Å². The maximum Gasteiger partial charge on any atom is 0.222 e. The summed E-state index contributed by atoms with van der Waals surface area (Å²) in [5.41, 5.74) is -0.218. The first-order valence-electron chi connectivity index (χ1n) is 12.4. The average Bonchev–Trinajstić information content (AvgIpc) is 3.18. The fraction of sp³-hybridized carbons (Fsp3) is 0.519. The highest BCUT2D eigenvalue weighted by atomic mass is 19.1. The lowest BCUT2D eigenvalue weighted by molar-refractivity contribution is -0.127. The third-order valence-corrected chi connectivity index (χ3v) is 6.38. The maximum atomic E-state index is 13.4. The molecule has 2 fully saturated rings. The fourth-order valence-electron chi connectivity index (χ4n) is 4.56. The number of hydrogen-bond donors (Lipinski definition) is 1. The topological polar surface area (TPSA) is 80.7 Å². The van der Waals surface area contributed by atoms with Gasteiger partial charge in [-0.05, 0) is 42.7 Å². The van der Waals surface area contributed by atoms with Crippen LogP contribution in [0.4, 0.5) is 4.39 Å². The minimum absolute atomic E-state index is 0.00786. The van der Waals surface area contributed by atoms with Gasteiger partial charge in [0, 0.05) is 45.2 Å². The van der Waals surface area contributed by atoms with Crippen molar-refractivity contribution in [2.45, 2.75) is 31.4 Å². The molecule has 0 spiro atoms. The lowest BCUT2D eigenvalue weighted by Gasteiger charge is -2.30. The van der Waals surface area contributed by atoms with Crippen molar-refractivity contribution in [1.82, 2.24) is 9.80 Å². The number of β-amino-alcohol motifs (C(OH)–C–C–N with tert-alkyl or cyclic N) is 1. The number of benzene rings is 2. The lowest BCUT2D eigenvalue weighted by atomic mass is 10.1. The molecule has 1 N–H and O–H groups in total. The summed E-state index contributed by atoms with van der Waals surface area (Å²) in [4.78, 5) is 15.7. The Labute approximate surface area is 211 Å². The Morgan fingerprint density at radius 2 is 2.03 bits per heavy atom. The van der Waals surface area contributed by atoms with Crippen LogP contribution < -0.4 is 14.2 Å². The third-order valence-electron chi connectivity index (χ3n) is 6.38. The minimum Gasteiger partial charge on any atom is -0.493 e. The number of hydrogen-bond acceptors (Lipinski definition) is 7. The molecule has 2 aliphatic heterocycles. The predicted molar refractivity (Wildman–Crippen MR) is 132 cm³/mol. The van der Waals surface area contributed by atoms with E-state index in [9.17, 15) is 14.3 Å². The fourth-order valence-corrected chi connectivity index (χ4v) is 4.56. The number of carbonyl (C=O) groups is 1. The standard InChI is InChI=1S/C27H35FN2O6/c1-33-25-15-21(8-9-24(25)35-13-4-11-30-10-3-7-26(30)31)17-29-12-14-34-19-27(32,18-29)20-36-23-6-2-5-22(28)16-23/h2,5-6,8-9,15-16,32H,3-4,7,10-14,17-20H2,1H3/t27-/m1/s1. The Kier molecular flexibility index (Phi) is 9.01. The van der Waals surface area contributed by atoms with E-state index >= 15 is 0 Å². The molecule has 8 nitrogen and oxygen atoms in total. The molecule has 2 heterocycles. The van der Waals surface area contributed by atoms with Crippen molar-refractivity contribution < 1.29 is 33.2 Å². The molecule has 2 aromatic rings. The van der Waals surface area contributed by atoms with E-state index < -0.39 is 5.60 Å². The van der Waals surface area contributed by atoms with Crippen molar-refractivity contribution in [3.8, 4) is 17.2 Å². The van der Waals surface area contributed by atoms with Gasteiger partial charge in [-0.3, -0.25) is 9.69 Å². The van der Waals surface area contributed by atoms with Crippen LogP contribution in [0.5, 0.6) is 17.2 Å². The number of methoxy groups -OCH3 is 1.